The van der Waals surface area contributed by atoms with Gasteiger partial charge in [0.2, 0.25) is 0 Å². The highest BCUT2D eigenvalue weighted by Crippen LogP contribution is 2.11. The normalized spacial score (nSPS) is 11.4. The molecule has 0 aliphatic heterocycles. The maximum absolute atomic E-state index is 2.14. The monoisotopic (exact) mass is 334 g/mol. The summed E-state index contributed by atoms with van der Waals surface area (Å²) in [6.45, 7) is 0. The molecular formula is C26H22. The Morgan fingerprint density at radius 3 is 1.27 bits per heavy atom. The largest absolute Gasteiger partial charge is 0.0622 e. The topological polar surface area (TPSA) is 0 Å². The van der Waals surface area contributed by atoms with Crippen LogP contribution in [0, 0.1) is 0 Å². The van der Waals surface area contributed by atoms with Gasteiger partial charge in [0.15, 0.2) is 0 Å². The van der Waals surface area contributed by atoms with E-state index in [9.17, 15) is 0 Å². The highest BCUT2D eigenvalue weighted by Gasteiger charge is 1.89. The zero-order valence-electron chi connectivity index (χ0n) is 14.7. The molecule has 0 N–H and O–H groups in total. The van der Waals surface area contributed by atoms with Gasteiger partial charge in [-0.3, -0.25) is 0 Å². The van der Waals surface area contributed by atoms with Crippen LogP contribution in [0.3, 0.4) is 0 Å². The lowest BCUT2D eigenvalue weighted by molar-refractivity contribution is 1.63. The van der Waals surface area contributed by atoms with Gasteiger partial charge in [-0.15, -0.1) is 0 Å². The summed E-state index contributed by atoms with van der Waals surface area (Å²) in [6.07, 6.45) is 14.9. The molecule has 126 valence electrons. The maximum atomic E-state index is 2.14. The van der Waals surface area contributed by atoms with E-state index >= 15 is 0 Å². The lowest BCUT2D eigenvalue weighted by atomic mass is 10.1. The van der Waals surface area contributed by atoms with Crippen molar-refractivity contribution in [3.63, 3.8) is 0 Å². The van der Waals surface area contributed by atoms with Crippen molar-refractivity contribution in [2.45, 2.75) is 0 Å². The first-order valence-electron chi connectivity index (χ1n) is 8.80. The van der Waals surface area contributed by atoms with Gasteiger partial charge in [-0.05, 0) is 22.3 Å². The average molecular weight is 334 g/mol. The van der Waals surface area contributed by atoms with E-state index in [1.165, 1.54) is 16.7 Å². The first-order valence-corrected chi connectivity index (χ1v) is 8.80. The summed E-state index contributed by atoms with van der Waals surface area (Å²) in [6, 6.07) is 31.0. The van der Waals surface area contributed by atoms with E-state index < -0.39 is 0 Å². The fourth-order valence-electron chi connectivity index (χ4n) is 2.51. The van der Waals surface area contributed by atoms with Gasteiger partial charge >= 0.3 is 0 Å². The lowest BCUT2D eigenvalue weighted by Crippen LogP contribution is -1.75. The smallest absolute Gasteiger partial charge is 0.0256 e. The van der Waals surface area contributed by atoms with Crippen LogP contribution in [0.4, 0.5) is 0 Å². The van der Waals surface area contributed by atoms with Crippen molar-refractivity contribution in [3.8, 4) is 0 Å². The summed E-state index contributed by atoms with van der Waals surface area (Å²) in [7, 11) is 0. The van der Waals surface area contributed by atoms with Crippen LogP contribution >= 0.6 is 0 Å². The highest BCUT2D eigenvalue weighted by atomic mass is 13.9. The second kappa shape index (κ2) is 9.80. The summed E-state index contributed by atoms with van der Waals surface area (Å²) in [5, 5.41) is 0. The second-order valence-corrected chi connectivity index (χ2v) is 5.92. The minimum absolute atomic E-state index is 1.14. The number of allylic oxidation sites excluding steroid dienone is 5. The Kier molecular flexibility index (Phi) is 6.58. The molecule has 0 radical (unpaired) electrons. The van der Waals surface area contributed by atoms with Gasteiger partial charge in [-0.1, -0.05) is 134 Å². The summed E-state index contributed by atoms with van der Waals surface area (Å²) >= 11 is 0. The van der Waals surface area contributed by atoms with Crippen LogP contribution in [0.5, 0.6) is 0 Å². The van der Waals surface area contributed by atoms with Crippen molar-refractivity contribution in [1.29, 1.82) is 0 Å². The Balaban J connectivity index is 1.80. The van der Waals surface area contributed by atoms with Gasteiger partial charge in [-0.2, -0.15) is 0 Å². The predicted molar refractivity (Wildman–Crippen MR) is 115 cm³/mol. The third-order valence-electron chi connectivity index (χ3n) is 3.91. The van der Waals surface area contributed by atoms with Gasteiger partial charge < -0.3 is 0 Å². The molecule has 0 saturated carbocycles. The van der Waals surface area contributed by atoms with E-state index in [-0.39, 0.29) is 0 Å². The average Bonchev–Trinajstić information content (AvgIpc) is 2.72. The minimum Gasteiger partial charge on any atom is -0.0622 e. The first-order chi connectivity index (χ1) is 12.9. The van der Waals surface area contributed by atoms with Gasteiger partial charge in [0.1, 0.15) is 0 Å². The van der Waals surface area contributed by atoms with Crippen LogP contribution in [-0.4, -0.2) is 0 Å². The summed E-state index contributed by atoms with van der Waals surface area (Å²) in [5.41, 5.74) is 4.73. The molecule has 0 bridgehead atoms. The van der Waals surface area contributed by atoms with Crippen LogP contribution in [0.15, 0.2) is 121 Å². The number of rotatable bonds is 6. The quantitative estimate of drug-likeness (QED) is 0.424. The molecule has 0 nitrogen and oxygen atoms in total. The predicted octanol–water partition coefficient (Wildman–Crippen LogP) is 7.05. The number of benzene rings is 3. The van der Waals surface area contributed by atoms with Gasteiger partial charge in [0, 0.05) is 0 Å². The molecule has 0 aromatic heterocycles. The fraction of sp³-hybridized carbons (Fsp3) is 0. The third kappa shape index (κ3) is 5.92. The Hall–Kier alpha value is -3.38. The molecule has 0 fully saturated rings. The summed E-state index contributed by atoms with van der Waals surface area (Å²) in [4.78, 5) is 0. The van der Waals surface area contributed by atoms with Crippen LogP contribution in [0.1, 0.15) is 16.7 Å². The van der Waals surface area contributed by atoms with Crippen LogP contribution in [-0.2, 0) is 0 Å². The summed E-state index contributed by atoms with van der Waals surface area (Å²) in [5.74, 6) is 0. The van der Waals surface area contributed by atoms with Crippen molar-refractivity contribution in [2.75, 3.05) is 0 Å². The lowest BCUT2D eigenvalue weighted by Gasteiger charge is -1.96. The Labute approximate surface area is 156 Å². The second-order valence-electron chi connectivity index (χ2n) is 5.92. The van der Waals surface area contributed by atoms with Crippen molar-refractivity contribution < 1.29 is 0 Å². The molecule has 3 rings (SSSR count). The van der Waals surface area contributed by atoms with Crippen LogP contribution in [0.25, 0.3) is 18.2 Å². The van der Waals surface area contributed by atoms with E-state index in [1.54, 1.807) is 0 Å². The maximum Gasteiger partial charge on any atom is -0.0256 e. The molecular weight excluding hydrogens is 312 g/mol. The first kappa shape index (κ1) is 17.4. The highest BCUT2D eigenvalue weighted by molar-refractivity contribution is 5.61. The Morgan fingerprint density at radius 1 is 0.462 bits per heavy atom. The van der Waals surface area contributed by atoms with Crippen molar-refractivity contribution in [3.05, 3.63) is 138 Å². The standard InChI is InChI=1S/C26H22/c1-4-11-23(12-5-1)17-10-18-26(21-19-24-13-6-2-7-14-24)22-20-25-15-8-3-9-16-25/h1-22H. The van der Waals surface area contributed by atoms with Crippen molar-refractivity contribution >= 4 is 18.2 Å². The van der Waals surface area contributed by atoms with E-state index in [0.29, 0.717) is 0 Å². The number of hydrogen-bond acceptors (Lipinski definition) is 0. The minimum atomic E-state index is 1.14. The van der Waals surface area contributed by atoms with E-state index in [4.69, 9.17) is 0 Å². The molecule has 0 atom stereocenters. The molecule has 0 heteroatoms. The molecule has 0 aliphatic rings. The van der Waals surface area contributed by atoms with E-state index in [0.717, 1.165) is 5.57 Å². The van der Waals surface area contributed by atoms with Crippen molar-refractivity contribution in [2.24, 2.45) is 0 Å². The molecule has 26 heavy (non-hydrogen) atoms. The Bertz CT molecular complexity index is 845. The van der Waals surface area contributed by atoms with Crippen LogP contribution in [0.2, 0.25) is 0 Å². The molecule has 0 amide bonds. The molecule has 3 aromatic carbocycles. The van der Waals surface area contributed by atoms with Crippen molar-refractivity contribution in [1.82, 2.24) is 0 Å². The number of hydrogen-bond donors (Lipinski definition) is 0. The molecule has 0 unspecified atom stereocenters. The molecule has 0 spiro atoms. The third-order valence-corrected chi connectivity index (χ3v) is 3.91. The zero-order chi connectivity index (χ0) is 17.9. The fourth-order valence-corrected chi connectivity index (χ4v) is 2.51. The molecule has 3 aromatic rings. The van der Waals surface area contributed by atoms with Gasteiger partial charge in [-0.25, -0.2) is 0 Å². The molecule has 0 heterocycles. The molecule has 0 aliphatic carbocycles. The SMILES string of the molecule is C(=Cc1ccccc1)C=C(C=Cc1ccccc1)C=Cc1ccccc1. The van der Waals surface area contributed by atoms with E-state index in [1.807, 2.05) is 18.2 Å². The van der Waals surface area contributed by atoms with Gasteiger partial charge in [0.05, 0.1) is 0 Å². The zero-order valence-corrected chi connectivity index (χ0v) is 14.7. The summed E-state index contributed by atoms with van der Waals surface area (Å²) < 4.78 is 0. The van der Waals surface area contributed by atoms with Gasteiger partial charge in [0.25, 0.3) is 0 Å². The Morgan fingerprint density at radius 2 is 0.846 bits per heavy atom. The molecule has 0 saturated heterocycles. The van der Waals surface area contributed by atoms with Crippen LogP contribution < -0.4 is 0 Å². The van der Waals surface area contributed by atoms with E-state index in [2.05, 4.69) is 115 Å².